The first-order valence-electron chi connectivity index (χ1n) is 4.25. The topological polar surface area (TPSA) is 64.8 Å². The van der Waals surface area contributed by atoms with Crippen molar-refractivity contribution in [2.24, 2.45) is 5.73 Å². The summed E-state index contributed by atoms with van der Waals surface area (Å²) in [6.07, 6.45) is 0.474. The molecule has 76 valence electrons. The Kier molecular flexibility index (Phi) is 3.11. The van der Waals surface area contributed by atoms with Crippen LogP contribution >= 0.6 is 0 Å². The molecular formula is C8H16N2O3. The van der Waals surface area contributed by atoms with Crippen molar-refractivity contribution in [2.75, 3.05) is 33.9 Å². The molecule has 5 heteroatoms. The van der Waals surface area contributed by atoms with Crippen LogP contribution in [0.2, 0.25) is 0 Å². The lowest BCUT2D eigenvalue weighted by Crippen LogP contribution is -2.64. The predicted octanol–water partition coefficient (Wildman–Crippen LogP) is -0.198. The molecule has 5 nitrogen and oxygen atoms in total. The van der Waals surface area contributed by atoms with E-state index in [0.29, 0.717) is 19.6 Å². The van der Waals surface area contributed by atoms with Crippen molar-refractivity contribution in [3.05, 3.63) is 0 Å². The van der Waals surface area contributed by atoms with Crippen LogP contribution in [-0.4, -0.2) is 50.4 Å². The Hall–Kier alpha value is -0.810. The molecule has 1 saturated heterocycles. The Morgan fingerprint density at radius 3 is 2.54 bits per heavy atom. The Labute approximate surface area is 77.8 Å². The molecule has 1 fully saturated rings. The molecule has 0 spiro atoms. The molecule has 2 N–H and O–H groups in total. The minimum Gasteiger partial charge on any atom is -0.453 e. The Morgan fingerprint density at radius 1 is 1.54 bits per heavy atom. The van der Waals surface area contributed by atoms with Crippen LogP contribution in [-0.2, 0) is 9.47 Å². The molecule has 1 rings (SSSR count). The van der Waals surface area contributed by atoms with Crippen LogP contribution in [0.25, 0.3) is 0 Å². The zero-order valence-corrected chi connectivity index (χ0v) is 8.08. The summed E-state index contributed by atoms with van der Waals surface area (Å²) in [5.74, 6) is 0. The van der Waals surface area contributed by atoms with Gasteiger partial charge >= 0.3 is 6.09 Å². The highest BCUT2D eigenvalue weighted by Crippen LogP contribution is 2.27. The maximum absolute atomic E-state index is 11.0. The van der Waals surface area contributed by atoms with E-state index in [1.165, 1.54) is 7.11 Å². The number of nitrogens with zero attached hydrogens (tertiary/aromatic N) is 1. The van der Waals surface area contributed by atoms with Gasteiger partial charge in [-0.3, -0.25) is 0 Å². The first-order chi connectivity index (χ1) is 6.17. The van der Waals surface area contributed by atoms with Gasteiger partial charge in [-0.15, -0.1) is 0 Å². The number of amides is 1. The number of likely N-dealkylation sites (tertiary alicyclic amines) is 1. The summed E-state index contributed by atoms with van der Waals surface area (Å²) in [5, 5.41) is 0. The SMILES string of the molecule is COC(=O)N1CC(CCN)(OC)C1. The van der Waals surface area contributed by atoms with Crippen LogP contribution in [0.3, 0.4) is 0 Å². The molecule has 0 aromatic carbocycles. The number of hydrogen-bond acceptors (Lipinski definition) is 4. The van der Waals surface area contributed by atoms with Crippen LogP contribution in [0.5, 0.6) is 0 Å². The summed E-state index contributed by atoms with van der Waals surface area (Å²) < 4.78 is 9.88. The van der Waals surface area contributed by atoms with Crippen molar-refractivity contribution in [3.63, 3.8) is 0 Å². The Morgan fingerprint density at radius 2 is 2.15 bits per heavy atom. The number of carbonyl (C=O) groups is 1. The van der Waals surface area contributed by atoms with Crippen LogP contribution in [0.4, 0.5) is 4.79 Å². The maximum Gasteiger partial charge on any atom is 0.409 e. The molecular weight excluding hydrogens is 172 g/mol. The monoisotopic (exact) mass is 188 g/mol. The highest BCUT2D eigenvalue weighted by atomic mass is 16.5. The zero-order chi connectivity index (χ0) is 9.90. The third-order valence-electron chi connectivity index (χ3n) is 2.42. The molecule has 0 unspecified atom stereocenters. The largest absolute Gasteiger partial charge is 0.453 e. The number of rotatable bonds is 3. The van der Waals surface area contributed by atoms with Crippen molar-refractivity contribution >= 4 is 6.09 Å². The molecule has 1 amide bonds. The minimum atomic E-state index is -0.301. The van der Waals surface area contributed by atoms with Gasteiger partial charge in [0.15, 0.2) is 0 Å². The van der Waals surface area contributed by atoms with E-state index in [1.54, 1.807) is 12.0 Å². The summed E-state index contributed by atoms with van der Waals surface area (Å²) in [6, 6.07) is 0. The quantitative estimate of drug-likeness (QED) is 0.666. The van der Waals surface area contributed by atoms with Gasteiger partial charge in [-0.2, -0.15) is 0 Å². The smallest absolute Gasteiger partial charge is 0.409 e. The summed E-state index contributed by atoms with van der Waals surface area (Å²) >= 11 is 0. The van der Waals surface area contributed by atoms with Gasteiger partial charge < -0.3 is 20.1 Å². The number of methoxy groups -OCH3 is 2. The normalized spacial score (nSPS) is 19.5. The van der Waals surface area contributed by atoms with Gasteiger partial charge in [-0.05, 0) is 13.0 Å². The van der Waals surface area contributed by atoms with Gasteiger partial charge in [0, 0.05) is 7.11 Å². The van der Waals surface area contributed by atoms with E-state index in [1.807, 2.05) is 0 Å². The standard InChI is InChI=1S/C8H16N2O3/c1-12-7(11)10-5-8(6-10,13-2)3-4-9/h3-6,9H2,1-2H3. The van der Waals surface area contributed by atoms with Gasteiger partial charge in [-0.1, -0.05) is 0 Å². The van der Waals surface area contributed by atoms with E-state index in [0.717, 1.165) is 6.42 Å². The lowest BCUT2D eigenvalue weighted by molar-refractivity contribution is -0.116. The van der Waals surface area contributed by atoms with Gasteiger partial charge in [0.05, 0.1) is 20.2 Å². The molecule has 0 bridgehead atoms. The Balaban J connectivity index is 2.39. The minimum absolute atomic E-state index is 0.233. The fourth-order valence-corrected chi connectivity index (χ4v) is 1.56. The summed E-state index contributed by atoms with van der Waals surface area (Å²) in [7, 11) is 3.02. The van der Waals surface area contributed by atoms with E-state index >= 15 is 0 Å². The second-order valence-electron chi connectivity index (χ2n) is 3.25. The molecule has 13 heavy (non-hydrogen) atoms. The van der Waals surface area contributed by atoms with Crippen molar-refractivity contribution in [3.8, 4) is 0 Å². The van der Waals surface area contributed by atoms with E-state index in [-0.39, 0.29) is 11.7 Å². The van der Waals surface area contributed by atoms with Gasteiger partial charge in [-0.25, -0.2) is 4.79 Å². The molecule has 0 aliphatic carbocycles. The fraction of sp³-hybridized carbons (Fsp3) is 0.875. The summed E-state index contributed by atoms with van der Waals surface area (Å²) in [6.45, 7) is 1.73. The van der Waals surface area contributed by atoms with E-state index < -0.39 is 0 Å². The van der Waals surface area contributed by atoms with Crippen molar-refractivity contribution in [1.29, 1.82) is 0 Å². The average molecular weight is 188 g/mol. The second kappa shape index (κ2) is 3.93. The van der Waals surface area contributed by atoms with Crippen LogP contribution < -0.4 is 5.73 Å². The lowest BCUT2D eigenvalue weighted by Gasteiger charge is -2.47. The maximum atomic E-state index is 11.0. The third-order valence-corrected chi connectivity index (χ3v) is 2.42. The molecule has 0 atom stereocenters. The van der Waals surface area contributed by atoms with Crippen molar-refractivity contribution in [2.45, 2.75) is 12.0 Å². The molecule has 0 saturated carbocycles. The number of nitrogens with two attached hydrogens (primary N) is 1. The molecule has 1 aliphatic rings. The highest BCUT2D eigenvalue weighted by Gasteiger charge is 2.45. The molecule has 0 aromatic rings. The first kappa shape index (κ1) is 10.3. The molecule has 0 aromatic heterocycles. The highest BCUT2D eigenvalue weighted by molar-refractivity contribution is 5.69. The number of ether oxygens (including phenoxy) is 2. The molecule has 1 aliphatic heterocycles. The fourth-order valence-electron chi connectivity index (χ4n) is 1.56. The lowest BCUT2D eigenvalue weighted by atomic mass is 9.90. The number of carbonyl (C=O) groups excluding carboxylic acids is 1. The summed E-state index contributed by atoms with van der Waals surface area (Å²) in [4.78, 5) is 12.6. The van der Waals surface area contributed by atoms with Gasteiger partial charge in [0.25, 0.3) is 0 Å². The first-order valence-corrected chi connectivity index (χ1v) is 4.25. The van der Waals surface area contributed by atoms with Crippen LogP contribution in [0.15, 0.2) is 0 Å². The van der Waals surface area contributed by atoms with Gasteiger partial charge in [0.2, 0.25) is 0 Å². The van der Waals surface area contributed by atoms with Crippen LogP contribution in [0.1, 0.15) is 6.42 Å². The average Bonchev–Trinajstić information content (AvgIpc) is 2.09. The van der Waals surface area contributed by atoms with Gasteiger partial charge in [0.1, 0.15) is 5.60 Å². The zero-order valence-electron chi connectivity index (χ0n) is 8.08. The van der Waals surface area contributed by atoms with E-state index in [2.05, 4.69) is 4.74 Å². The molecule has 0 radical (unpaired) electrons. The van der Waals surface area contributed by atoms with Crippen LogP contribution in [0, 0.1) is 0 Å². The summed E-state index contributed by atoms with van der Waals surface area (Å²) in [5.41, 5.74) is 5.21. The van der Waals surface area contributed by atoms with Crippen molar-refractivity contribution < 1.29 is 14.3 Å². The third kappa shape index (κ3) is 1.92. The second-order valence-corrected chi connectivity index (χ2v) is 3.25. The van der Waals surface area contributed by atoms with E-state index in [4.69, 9.17) is 10.5 Å². The molecule has 1 heterocycles. The number of hydrogen-bond donors (Lipinski definition) is 1. The Bertz CT molecular complexity index is 190. The predicted molar refractivity (Wildman–Crippen MR) is 47.4 cm³/mol. The van der Waals surface area contributed by atoms with Crippen molar-refractivity contribution in [1.82, 2.24) is 4.90 Å². The van der Waals surface area contributed by atoms with E-state index in [9.17, 15) is 4.79 Å².